The maximum absolute atomic E-state index is 13.2. The maximum Gasteiger partial charge on any atom is 0.338 e. The van der Waals surface area contributed by atoms with E-state index < -0.39 is 12.1 Å². The van der Waals surface area contributed by atoms with Crippen molar-refractivity contribution in [1.29, 1.82) is 0 Å². The molecule has 174 valence electrons. The minimum atomic E-state index is -0.971. The summed E-state index contributed by atoms with van der Waals surface area (Å²) in [5.41, 5.74) is 2.28. The van der Waals surface area contributed by atoms with Crippen LogP contribution in [0.4, 0.5) is 0 Å². The molecule has 6 nitrogen and oxygen atoms in total. The number of nitrogens with zero attached hydrogens (tertiary/aromatic N) is 1. The van der Waals surface area contributed by atoms with Crippen LogP contribution in [-0.4, -0.2) is 34.5 Å². The van der Waals surface area contributed by atoms with E-state index in [4.69, 9.17) is 4.74 Å². The molecule has 1 unspecified atom stereocenters. The van der Waals surface area contributed by atoms with Crippen LogP contribution in [0.5, 0.6) is 0 Å². The van der Waals surface area contributed by atoms with Gasteiger partial charge in [-0.2, -0.15) is 0 Å². The van der Waals surface area contributed by atoms with Gasteiger partial charge in [0.2, 0.25) is 0 Å². The highest BCUT2D eigenvalue weighted by atomic mass is 16.5. The quantitative estimate of drug-likeness (QED) is 0.323. The SMILES string of the molecule is O=C(OC(Cc1cccc2ccccc12)C(=O)NCCc1cnc[nH]1)c1ccc2ccccc2c1. The molecule has 0 aliphatic heterocycles. The molecule has 0 saturated heterocycles. The van der Waals surface area contributed by atoms with Gasteiger partial charge in [-0.15, -0.1) is 0 Å². The van der Waals surface area contributed by atoms with E-state index in [1.54, 1.807) is 24.7 Å². The third-order valence-corrected chi connectivity index (χ3v) is 6.06. The minimum Gasteiger partial charge on any atom is -0.448 e. The van der Waals surface area contributed by atoms with Crippen molar-refractivity contribution in [2.24, 2.45) is 0 Å². The van der Waals surface area contributed by atoms with Crippen molar-refractivity contribution < 1.29 is 14.3 Å². The Labute approximate surface area is 203 Å². The molecule has 0 fully saturated rings. The number of rotatable bonds is 8. The molecule has 5 rings (SSSR count). The lowest BCUT2D eigenvalue weighted by Gasteiger charge is -2.19. The van der Waals surface area contributed by atoms with E-state index in [0.29, 0.717) is 18.5 Å². The molecule has 1 atom stereocenters. The van der Waals surface area contributed by atoms with Crippen LogP contribution in [0, 0.1) is 0 Å². The summed E-state index contributed by atoms with van der Waals surface area (Å²) < 4.78 is 5.82. The Bertz CT molecular complexity index is 1470. The number of carbonyl (C=O) groups excluding carboxylic acids is 2. The number of carbonyl (C=O) groups is 2. The highest BCUT2D eigenvalue weighted by Gasteiger charge is 2.25. The van der Waals surface area contributed by atoms with Crippen LogP contribution in [0.15, 0.2) is 97.5 Å². The van der Waals surface area contributed by atoms with Gasteiger partial charge >= 0.3 is 5.97 Å². The zero-order valence-corrected chi connectivity index (χ0v) is 19.1. The molecule has 1 heterocycles. The number of esters is 1. The fourth-order valence-corrected chi connectivity index (χ4v) is 4.23. The van der Waals surface area contributed by atoms with E-state index in [9.17, 15) is 9.59 Å². The number of imidazole rings is 1. The molecule has 1 aromatic heterocycles. The lowest BCUT2D eigenvalue weighted by molar-refractivity contribution is -0.129. The van der Waals surface area contributed by atoms with Gasteiger partial charge in [0, 0.05) is 31.3 Å². The fraction of sp³-hybridized carbons (Fsp3) is 0.138. The number of hydrogen-bond donors (Lipinski definition) is 2. The average molecular weight is 464 g/mol. The average Bonchev–Trinajstić information content (AvgIpc) is 3.41. The molecule has 0 aliphatic carbocycles. The van der Waals surface area contributed by atoms with Gasteiger partial charge < -0.3 is 15.0 Å². The second-order valence-electron chi connectivity index (χ2n) is 8.42. The third-order valence-electron chi connectivity index (χ3n) is 6.06. The molecule has 2 N–H and O–H groups in total. The van der Waals surface area contributed by atoms with E-state index in [2.05, 4.69) is 15.3 Å². The van der Waals surface area contributed by atoms with Crippen LogP contribution in [0.1, 0.15) is 21.6 Å². The zero-order chi connectivity index (χ0) is 24.0. The van der Waals surface area contributed by atoms with Crippen molar-refractivity contribution in [3.05, 3.63) is 114 Å². The van der Waals surface area contributed by atoms with E-state index in [-0.39, 0.29) is 12.3 Å². The Hall–Kier alpha value is -4.45. The lowest BCUT2D eigenvalue weighted by Crippen LogP contribution is -2.40. The summed E-state index contributed by atoms with van der Waals surface area (Å²) in [6.07, 6.45) is 3.23. The van der Waals surface area contributed by atoms with Crippen molar-refractivity contribution in [3.63, 3.8) is 0 Å². The summed E-state index contributed by atoms with van der Waals surface area (Å²) in [4.78, 5) is 33.3. The number of aromatic nitrogens is 2. The number of benzene rings is 4. The topological polar surface area (TPSA) is 84.1 Å². The summed E-state index contributed by atoms with van der Waals surface area (Å²) in [5, 5.41) is 7.00. The number of hydrogen-bond acceptors (Lipinski definition) is 4. The summed E-state index contributed by atoms with van der Waals surface area (Å²) >= 11 is 0. The van der Waals surface area contributed by atoms with Crippen LogP contribution in [-0.2, 0) is 22.4 Å². The zero-order valence-electron chi connectivity index (χ0n) is 19.1. The first-order chi connectivity index (χ1) is 17.2. The highest BCUT2D eigenvalue weighted by molar-refractivity contribution is 5.97. The summed E-state index contributed by atoms with van der Waals surface area (Å²) in [7, 11) is 0. The van der Waals surface area contributed by atoms with Crippen LogP contribution >= 0.6 is 0 Å². The number of ether oxygens (including phenoxy) is 1. The minimum absolute atomic E-state index is 0.274. The van der Waals surface area contributed by atoms with Crippen LogP contribution in [0.2, 0.25) is 0 Å². The monoisotopic (exact) mass is 463 g/mol. The molecule has 0 saturated carbocycles. The fourth-order valence-electron chi connectivity index (χ4n) is 4.23. The molecule has 6 heteroatoms. The van der Waals surface area contributed by atoms with Gasteiger partial charge in [0.25, 0.3) is 5.91 Å². The van der Waals surface area contributed by atoms with Crippen molar-refractivity contribution in [2.45, 2.75) is 18.9 Å². The molecular formula is C29H25N3O3. The molecule has 0 spiro atoms. The molecule has 5 aromatic rings. The summed E-state index contributed by atoms with van der Waals surface area (Å²) in [6.45, 7) is 0.403. The molecule has 4 aromatic carbocycles. The van der Waals surface area contributed by atoms with Gasteiger partial charge in [-0.1, -0.05) is 72.8 Å². The Morgan fingerprint density at radius 2 is 1.66 bits per heavy atom. The first kappa shape index (κ1) is 22.3. The summed E-state index contributed by atoms with van der Waals surface area (Å²) in [6, 6.07) is 27.2. The van der Waals surface area contributed by atoms with Gasteiger partial charge in [-0.05, 0) is 39.2 Å². The standard InChI is InChI=1S/C29H25N3O3/c33-28(31-15-14-25-18-30-19-32-25)27(17-23-10-5-9-21-7-3-4-11-26(21)23)35-29(34)24-13-12-20-6-1-2-8-22(20)16-24/h1-13,16,18-19,27H,14-15,17H2,(H,30,32)(H,31,33). The second kappa shape index (κ2) is 10.2. The van der Waals surface area contributed by atoms with E-state index >= 15 is 0 Å². The van der Waals surface area contributed by atoms with Gasteiger partial charge in [-0.3, -0.25) is 4.79 Å². The van der Waals surface area contributed by atoms with Crippen LogP contribution in [0.25, 0.3) is 21.5 Å². The lowest BCUT2D eigenvalue weighted by atomic mass is 9.99. The Balaban J connectivity index is 1.37. The number of amides is 1. The Morgan fingerprint density at radius 3 is 2.49 bits per heavy atom. The highest BCUT2D eigenvalue weighted by Crippen LogP contribution is 2.22. The van der Waals surface area contributed by atoms with Crippen LogP contribution in [0.3, 0.4) is 0 Å². The van der Waals surface area contributed by atoms with Crippen molar-refractivity contribution in [2.75, 3.05) is 6.54 Å². The number of fused-ring (bicyclic) bond motifs is 2. The van der Waals surface area contributed by atoms with Gasteiger partial charge in [-0.25, -0.2) is 9.78 Å². The number of nitrogens with one attached hydrogen (secondary N) is 2. The first-order valence-corrected chi connectivity index (χ1v) is 11.6. The van der Waals surface area contributed by atoms with Crippen molar-refractivity contribution in [3.8, 4) is 0 Å². The van der Waals surface area contributed by atoms with Crippen LogP contribution < -0.4 is 5.32 Å². The largest absolute Gasteiger partial charge is 0.448 e. The maximum atomic E-state index is 13.2. The molecular weight excluding hydrogens is 438 g/mol. The molecule has 35 heavy (non-hydrogen) atoms. The normalized spacial score (nSPS) is 11.9. The predicted octanol–water partition coefficient (Wildman–Crippen LogP) is 4.84. The van der Waals surface area contributed by atoms with E-state index in [0.717, 1.165) is 32.8 Å². The molecule has 1 amide bonds. The van der Waals surface area contributed by atoms with Crippen molar-refractivity contribution >= 4 is 33.4 Å². The van der Waals surface area contributed by atoms with Crippen molar-refractivity contribution in [1.82, 2.24) is 15.3 Å². The summed E-state index contributed by atoms with van der Waals surface area (Å²) in [5.74, 6) is -0.851. The Morgan fingerprint density at radius 1 is 0.886 bits per heavy atom. The number of aromatic amines is 1. The Kier molecular flexibility index (Phi) is 6.52. The molecule has 0 radical (unpaired) electrons. The molecule has 0 aliphatic rings. The predicted molar refractivity (Wildman–Crippen MR) is 136 cm³/mol. The number of H-pyrrole nitrogens is 1. The van der Waals surface area contributed by atoms with E-state index in [1.165, 1.54) is 0 Å². The third kappa shape index (κ3) is 5.22. The van der Waals surface area contributed by atoms with Gasteiger partial charge in [0.1, 0.15) is 0 Å². The van der Waals surface area contributed by atoms with Gasteiger partial charge in [0.15, 0.2) is 6.10 Å². The first-order valence-electron chi connectivity index (χ1n) is 11.6. The smallest absolute Gasteiger partial charge is 0.338 e. The van der Waals surface area contributed by atoms with E-state index in [1.807, 2.05) is 72.8 Å². The second-order valence-corrected chi connectivity index (χ2v) is 8.42. The molecule has 0 bridgehead atoms. The van der Waals surface area contributed by atoms with Gasteiger partial charge in [0.05, 0.1) is 11.9 Å².